The van der Waals surface area contributed by atoms with E-state index in [4.69, 9.17) is 0 Å². The maximum Gasteiger partial charge on any atom is 0.260 e. The molecule has 156 valence electrons. The Morgan fingerprint density at radius 3 is 2.90 bits per heavy atom. The number of hydrogen-bond donors (Lipinski definition) is 1. The number of carbonyl (C=O) groups is 1. The maximum absolute atomic E-state index is 13.6. The van der Waals surface area contributed by atoms with Gasteiger partial charge in [-0.3, -0.25) is 4.79 Å². The second-order valence-electron chi connectivity index (χ2n) is 9.70. The minimum absolute atomic E-state index is 0.101. The van der Waals surface area contributed by atoms with Crippen LogP contribution in [0.15, 0.2) is 18.5 Å². The number of alkyl halides is 2. The second kappa shape index (κ2) is 6.25. The fraction of sp³-hybridized carbons (Fsp3) is 0.762. The van der Waals surface area contributed by atoms with Gasteiger partial charge in [-0.1, -0.05) is 12.2 Å². The number of likely N-dealkylation sites (tertiary alicyclic amines) is 1. The van der Waals surface area contributed by atoms with Gasteiger partial charge in [-0.2, -0.15) is 10.1 Å². The lowest BCUT2D eigenvalue weighted by Crippen LogP contribution is -2.50. The summed E-state index contributed by atoms with van der Waals surface area (Å²) in [4.78, 5) is 19.5. The lowest BCUT2D eigenvalue weighted by molar-refractivity contribution is -0.138. The van der Waals surface area contributed by atoms with Crippen molar-refractivity contribution in [1.82, 2.24) is 19.7 Å². The van der Waals surface area contributed by atoms with Crippen LogP contribution in [0.4, 0.5) is 14.7 Å². The lowest BCUT2D eigenvalue weighted by atomic mass is 9.84. The average molecular weight is 403 g/mol. The molecule has 0 aromatic carbocycles. The Kier molecular flexibility index (Phi) is 3.84. The fourth-order valence-electron chi connectivity index (χ4n) is 6.73. The summed E-state index contributed by atoms with van der Waals surface area (Å²) in [6, 6.07) is -1.05. The number of amides is 1. The van der Waals surface area contributed by atoms with Gasteiger partial charge >= 0.3 is 0 Å². The minimum atomic E-state index is -2.48. The number of carbonyl (C=O) groups excluding carboxylic acids is 1. The first kappa shape index (κ1) is 17.8. The predicted octanol–water partition coefficient (Wildman–Crippen LogP) is 3.11. The van der Waals surface area contributed by atoms with E-state index in [0.717, 1.165) is 25.8 Å². The largest absolute Gasteiger partial charge is 0.351 e. The quantitative estimate of drug-likeness (QED) is 0.788. The molecule has 3 aliphatic carbocycles. The van der Waals surface area contributed by atoms with Gasteiger partial charge in [0.1, 0.15) is 12.4 Å². The van der Waals surface area contributed by atoms with Crippen molar-refractivity contribution in [3.05, 3.63) is 18.5 Å². The molecule has 6 nitrogen and oxygen atoms in total. The van der Waals surface area contributed by atoms with E-state index in [0.29, 0.717) is 42.1 Å². The molecular formula is C21H27F2N5O. The third-order valence-electron chi connectivity index (χ3n) is 8.37. The Labute approximate surface area is 168 Å². The first-order chi connectivity index (χ1) is 14.1. The highest BCUT2D eigenvalue weighted by atomic mass is 19.3. The summed E-state index contributed by atoms with van der Waals surface area (Å²) < 4.78 is 28.5. The molecule has 29 heavy (non-hydrogen) atoms. The highest BCUT2D eigenvalue weighted by molar-refractivity contribution is 5.80. The molecule has 8 heteroatoms. The van der Waals surface area contributed by atoms with Crippen molar-refractivity contribution in [1.29, 1.82) is 0 Å². The van der Waals surface area contributed by atoms with Gasteiger partial charge in [0, 0.05) is 25.0 Å². The summed E-state index contributed by atoms with van der Waals surface area (Å²) in [5, 5.41) is 7.29. The fourth-order valence-corrected chi connectivity index (χ4v) is 6.73. The third-order valence-corrected chi connectivity index (χ3v) is 8.37. The van der Waals surface area contributed by atoms with Crippen LogP contribution in [0.3, 0.4) is 0 Å². The van der Waals surface area contributed by atoms with Crippen LogP contribution in [0, 0.1) is 29.1 Å². The standard InChI is InChI=1S/C21H27F2N5O/c22-18(23)17-9-16(26-20-24-11-25-28(17)20)12-2-1-7-27(10-12)19(29)14-8-13-3-4-15(14)21(13)5-6-21/h3-4,11-18H,1-2,5-10H2,(H,24,25,26)/t12-,13-,14+,15-,16-,17+/m0/s1. The van der Waals surface area contributed by atoms with Crippen LogP contribution in [0.5, 0.6) is 0 Å². The molecule has 1 N–H and O–H groups in total. The molecule has 3 heterocycles. The van der Waals surface area contributed by atoms with E-state index >= 15 is 0 Å². The van der Waals surface area contributed by atoms with Gasteiger partial charge in [0.25, 0.3) is 6.43 Å². The second-order valence-corrected chi connectivity index (χ2v) is 9.70. The molecule has 3 fully saturated rings. The zero-order chi connectivity index (χ0) is 19.8. The molecular weight excluding hydrogens is 376 g/mol. The van der Waals surface area contributed by atoms with Crippen LogP contribution in [0.2, 0.25) is 0 Å². The minimum Gasteiger partial charge on any atom is -0.351 e. The van der Waals surface area contributed by atoms with E-state index in [2.05, 4.69) is 27.6 Å². The molecule has 0 radical (unpaired) electrons. The summed E-state index contributed by atoms with van der Waals surface area (Å²) in [6.07, 6.45) is 9.23. The first-order valence-corrected chi connectivity index (χ1v) is 11.0. The Morgan fingerprint density at radius 1 is 1.28 bits per heavy atom. The summed E-state index contributed by atoms with van der Waals surface area (Å²) in [7, 11) is 0. The molecule has 1 aromatic rings. The number of piperidine rings is 1. The van der Waals surface area contributed by atoms with Crippen LogP contribution in [-0.2, 0) is 4.79 Å². The molecule has 2 saturated carbocycles. The van der Waals surface area contributed by atoms with Crippen molar-refractivity contribution < 1.29 is 13.6 Å². The van der Waals surface area contributed by atoms with Gasteiger partial charge in [-0.15, -0.1) is 0 Å². The number of rotatable bonds is 3. The summed E-state index contributed by atoms with van der Waals surface area (Å²) >= 11 is 0. The zero-order valence-electron chi connectivity index (χ0n) is 16.4. The third kappa shape index (κ3) is 2.60. The van der Waals surface area contributed by atoms with Crippen molar-refractivity contribution in [3.8, 4) is 0 Å². The Bertz CT molecular complexity index is 850. The number of anilines is 1. The van der Waals surface area contributed by atoms with Gasteiger partial charge in [-0.25, -0.2) is 13.5 Å². The van der Waals surface area contributed by atoms with Crippen molar-refractivity contribution >= 4 is 11.9 Å². The van der Waals surface area contributed by atoms with Crippen molar-refractivity contribution in [2.75, 3.05) is 18.4 Å². The number of nitrogens with one attached hydrogen (secondary N) is 1. The van der Waals surface area contributed by atoms with Crippen molar-refractivity contribution in [2.24, 2.45) is 29.1 Å². The molecule has 1 saturated heterocycles. The predicted molar refractivity (Wildman–Crippen MR) is 102 cm³/mol. The van der Waals surface area contributed by atoms with Crippen LogP contribution >= 0.6 is 0 Å². The average Bonchev–Trinajstić information content (AvgIpc) is 3.14. The van der Waals surface area contributed by atoms with Crippen LogP contribution < -0.4 is 5.32 Å². The normalized spacial score (nSPS) is 39.1. The number of allylic oxidation sites excluding steroid dienone is 2. The van der Waals surface area contributed by atoms with E-state index in [-0.39, 0.29) is 17.9 Å². The molecule has 0 unspecified atom stereocenters. The number of halogens is 2. The van der Waals surface area contributed by atoms with E-state index in [1.165, 1.54) is 23.9 Å². The molecule has 2 aliphatic heterocycles. The highest BCUT2D eigenvalue weighted by Crippen LogP contribution is 2.70. The Morgan fingerprint density at radius 2 is 2.14 bits per heavy atom. The molecule has 1 aromatic heterocycles. The summed E-state index contributed by atoms with van der Waals surface area (Å²) in [5.41, 5.74) is 0.412. The van der Waals surface area contributed by atoms with Crippen molar-refractivity contribution in [3.63, 3.8) is 0 Å². The van der Waals surface area contributed by atoms with E-state index in [9.17, 15) is 13.6 Å². The topological polar surface area (TPSA) is 63.1 Å². The van der Waals surface area contributed by atoms with Crippen LogP contribution in [0.25, 0.3) is 0 Å². The SMILES string of the molecule is O=C([C@@H]1C[C@@H]2C=C[C@@H]1C21CC1)N1CCC[C@H]([C@@H]2C[C@H](C(F)F)n3ncnc3N2)C1. The Balaban J connectivity index is 1.17. The Hall–Kier alpha value is -1.99. The molecule has 2 bridgehead atoms. The van der Waals surface area contributed by atoms with Crippen LogP contribution in [-0.4, -0.2) is 51.1 Å². The van der Waals surface area contributed by atoms with Gasteiger partial charge in [0.05, 0.1) is 0 Å². The van der Waals surface area contributed by atoms with Gasteiger partial charge < -0.3 is 10.2 Å². The van der Waals surface area contributed by atoms with Crippen LogP contribution in [0.1, 0.15) is 44.6 Å². The number of aromatic nitrogens is 3. The smallest absolute Gasteiger partial charge is 0.260 e. The summed E-state index contributed by atoms with van der Waals surface area (Å²) in [5.74, 6) is 2.03. The maximum atomic E-state index is 13.6. The van der Waals surface area contributed by atoms with E-state index < -0.39 is 12.5 Å². The number of hydrogen-bond acceptors (Lipinski definition) is 4. The lowest BCUT2D eigenvalue weighted by Gasteiger charge is -2.41. The number of fused-ring (bicyclic) bond motifs is 1. The highest BCUT2D eigenvalue weighted by Gasteiger charge is 2.64. The molecule has 1 spiro atoms. The molecule has 6 rings (SSSR count). The first-order valence-electron chi connectivity index (χ1n) is 11.0. The van der Waals surface area contributed by atoms with Gasteiger partial charge in [-0.05, 0) is 61.7 Å². The van der Waals surface area contributed by atoms with Gasteiger partial charge in [0.2, 0.25) is 11.9 Å². The zero-order valence-corrected chi connectivity index (χ0v) is 16.4. The van der Waals surface area contributed by atoms with E-state index in [1.807, 2.05) is 4.90 Å². The molecule has 1 amide bonds. The molecule has 5 aliphatic rings. The van der Waals surface area contributed by atoms with E-state index in [1.54, 1.807) is 0 Å². The molecule has 6 atom stereocenters. The van der Waals surface area contributed by atoms with Crippen molar-refractivity contribution in [2.45, 2.75) is 57.0 Å². The monoisotopic (exact) mass is 403 g/mol. The number of nitrogens with zero attached hydrogens (tertiary/aromatic N) is 4. The summed E-state index contributed by atoms with van der Waals surface area (Å²) in [6.45, 7) is 1.45. The van der Waals surface area contributed by atoms with Gasteiger partial charge in [0.15, 0.2) is 0 Å².